The van der Waals surface area contributed by atoms with Crippen LogP contribution in [0.1, 0.15) is 5.56 Å². The van der Waals surface area contributed by atoms with Crippen molar-refractivity contribution in [2.45, 2.75) is 71.9 Å². The Morgan fingerprint density at radius 2 is 1.42 bits per heavy atom. The smallest absolute Gasteiger partial charge is 0.241 e. The largest absolute Gasteiger partial charge is 0.394 e. The summed E-state index contributed by atoms with van der Waals surface area (Å²) >= 11 is 0. The molecule has 2 fully saturated rings. The maximum Gasteiger partial charge on any atom is 0.241 e. The van der Waals surface area contributed by atoms with Crippen molar-refractivity contribution in [1.82, 2.24) is 4.72 Å². The van der Waals surface area contributed by atoms with Gasteiger partial charge in [-0.05, 0) is 24.1 Å². The van der Waals surface area contributed by atoms with Gasteiger partial charge in [-0.25, -0.2) is 26.7 Å². The van der Waals surface area contributed by atoms with Crippen LogP contribution in [-0.2, 0) is 40.7 Å². The van der Waals surface area contributed by atoms with Crippen molar-refractivity contribution < 1.29 is 66.8 Å². The zero-order chi connectivity index (χ0) is 28.4. The SMILES string of the molecule is NS(=O)(=O)c1ccc(CCNS(=O)(=O)[C@@H]2O[C@H](CO)[C@@H](O[C@H]3O[C@H](CO)[C@@H](O)[C@H](O)[C@H]3O)[C@H](O)[C@H]2O)cc1. The second-order valence-electron chi connectivity index (χ2n) is 8.88. The van der Waals surface area contributed by atoms with Crippen molar-refractivity contribution in [1.29, 1.82) is 0 Å². The van der Waals surface area contributed by atoms with E-state index in [4.69, 9.17) is 19.3 Å². The van der Waals surface area contributed by atoms with E-state index in [1.54, 1.807) is 0 Å². The van der Waals surface area contributed by atoms with Gasteiger partial charge in [-0.2, -0.15) is 0 Å². The van der Waals surface area contributed by atoms with Crippen LogP contribution >= 0.6 is 0 Å². The minimum absolute atomic E-state index is 0.113. The van der Waals surface area contributed by atoms with E-state index in [1.807, 2.05) is 0 Å². The first-order chi connectivity index (χ1) is 17.7. The number of hydrogen-bond acceptors (Lipinski definition) is 14. The molecule has 0 aromatic heterocycles. The minimum atomic E-state index is -4.46. The number of benzene rings is 1. The van der Waals surface area contributed by atoms with Gasteiger partial charge in [-0.1, -0.05) is 12.1 Å². The molecule has 0 unspecified atom stereocenters. The third-order valence-electron chi connectivity index (χ3n) is 6.24. The fourth-order valence-corrected chi connectivity index (χ4v) is 5.96. The molecule has 0 radical (unpaired) electrons. The standard InChI is InChI=1S/C20H32N2O14S2/c21-37(30,31)10-3-1-9(2-4-10)5-6-22-38(32,33)20-17(29)15(27)18(12(8-24)35-20)36-19-16(28)14(26)13(25)11(7-23)34-19/h1-4,11-20,22-29H,5-8H2,(H2,21,30,31)/t11-,12-,13-,14+,15-,16-,17-,18-,19-,20+/m1/s1. The number of sulfonamides is 2. The molecule has 0 amide bonds. The summed E-state index contributed by atoms with van der Waals surface area (Å²) in [4.78, 5) is -0.120. The lowest BCUT2D eigenvalue weighted by Gasteiger charge is -2.45. The quantitative estimate of drug-likeness (QED) is 0.123. The number of nitrogens with one attached hydrogen (secondary N) is 1. The molecule has 16 nitrogen and oxygen atoms in total. The molecule has 1 aromatic carbocycles. The van der Waals surface area contributed by atoms with Gasteiger partial charge in [0, 0.05) is 6.54 Å². The van der Waals surface area contributed by atoms with Gasteiger partial charge in [-0.3, -0.25) is 0 Å². The normalized spacial score (nSPS) is 36.7. The van der Waals surface area contributed by atoms with Gasteiger partial charge in [0.05, 0.1) is 18.1 Å². The average Bonchev–Trinajstić information content (AvgIpc) is 2.86. The first-order valence-corrected chi connectivity index (χ1v) is 14.5. The molecule has 38 heavy (non-hydrogen) atoms. The number of hydrogen-bond donors (Lipinski definition) is 9. The summed E-state index contributed by atoms with van der Waals surface area (Å²) in [5.41, 5.74) is -1.49. The highest BCUT2D eigenvalue weighted by atomic mass is 32.2. The second-order valence-corrected chi connectivity index (χ2v) is 12.3. The van der Waals surface area contributed by atoms with Crippen molar-refractivity contribution in [2.24, 2.45) is 5.14 Å². The Hall–Kier alpha value is -1.36. The molecule has 2 saturated heterocycles. The summed E-state index contributed by atoms with van der Waals surface area (Å²) in [6.07, 6.45) is -15.6. The third kappa shape index (κ3) is 6.85. The van der Waals surface area contributed by atoms with Gasteiger partial charge < -0.3 is 50.0 Å². The number of nitrogens with two attached hydrogens (primary N) is 1. The number of primary sulfonamides is 1. The Balaban J connectivity index is 1.65. The molecule has 0 bridgehead atoms. The predicted octanol–water partition coefficient (Wildman–Crippen LogP) is -5.58. The van der Waals surface area contributed by atoms with Crippen LogP contribution in [0.5, 0.6) is 0 Å². The molecule has 2 heterocycles. The van der Waals surface area contributed by atoms with Crippen molar-refractivity contribution >= 4 is 20.0 Å². The molecule has 18 heteroatoms. The lowest BCUT2D eigenvalue weighted by Crippen LogP contribution is -2.66. The highest BCUT2D eigenvalue weighted by Crippen LogP contribution is 2.30. The van der Waals surface area contributed by atoms with Crippen LogP contribution < -0.4 is 9.86 Å². The molecule has 0 saturated carbocycles. The molecular weight excluding hydrogens is 556 g/mol. The Morgan fingerprint density at radius 1 is 0.816 bits per heavy atom. The Kier molecular flexibility index (Phi) is 10.2. The van der Waals surface area contributed by atoms with E-state index >= 15 is 0 Å². The summed E-state index contributed by atoms with van der Waals surface area (Å²) in [5.74, 6) is 0. The highest BCUT2D eigenvalue weighted by Gasteiger charge is 2.53. The van der Waals surface area contributed by atoms with E-state index in [0.29, 0.717) is 5.56 Å². The second kappa shape index (κ2) is 12.4. The van der Waals surface area contributed by atoms with Gasteiger partial charge in [0.2, 0.25) is 25.5 Å². The minimum Gasteiger partial charge on any atom is -0.394 e. The van der Waals surface area contributed by atoms with Crippen molar-refractivity contribution in [3.05, 3.63) is 29.8 Å². The third-order valence-corrected chi connectivity index (χ3v) is 8.77. The van der Waals surface area contributed by atoms with Crippen LogP contribution in [0.4, 0.5) is 0 Å². The van der Waals surface area contributed by atoms with Crippen LogP contribution in [0.3, 0.4) is 0 Å². The Labute approximate surface area is 218 Å². The molecule has 10 N–H and O–H groups in total. The zero-order valence-electron chi connectivity index (χ0n) is 19.8. The molecule has 0 spiro atoms. The van der Waals surface area contributed by atoms with Crippen molar-refractivity contribution in [3.63, 3.8) is 0 Å². The van der Waals surface area contributed by atoms with E-state index in [9.17, 15) is 52.6 Å². The first kappa shape index (κ1) is 31.2. The molecule has 2 aliphatic heterocycles. The van der Waals surface area contributed by atoms with E-state index in [2.05, 4.69) is 4.72 Å². The predicted molar refractivity (Wildman–Crippen MR) is 125 cm³/mol. The molecule has 1 aromatic rings. The molecule has 3 rings (SSSR count). The topological polar surface area (TPSA) is 276 Å². The van der Waals surface area contributed by atoms with Crippen LogP contribution in [0.25, 0.3) is 0 Å². The fourth-order valence-electron chi connectivity index (χ4n) is 4.08. The molecular formula is C20H32N2O14S2. The number of aliphatic hydroxyl groups excluding tert-OH is 7. The van der Waals surface area contributed by atoms with Gasteiger partial charge in [0.15, 0.2) is 6.29 Å². The monoisotopic (exact) mass is 588 g/mol. The lowest BCUT2D eigenvalue weighted by molar-refractivity contribution is -0.338. The van der Waals surface area contributed by atoms with E-state index in [0.717, 1.165) is 0 Å². The highest BCUT2D eigenvalue weighted by molar-refractivity contribution is 7.90. The molecule has 0 aliphatic carbocycles. The van der Waals surface area contributed by atoms with E-state index in [1.165, 1.54) is 24.3 Å². The van der Waals surface area contributed by atoms with Gasteiger partial charge in [0.1, 0.15) is 48.8 Å². The van der Waals surface area contributed by atoms with Gasteiger partial charge in [0.25, 0.3) is 0 Å². The van der Waals surface area contributed by atoms with E-state index < -0.39 is 93.8 Å². The average molecular weight is 589 g/mol. The van der Waals surface area contributed by atoms with Crippen LogP contribution in [0.15, 0.2) is 29.2 Å². The van der Waals surface area contributed by atoms with Crippen LogP contribution in [-0.4, -0.2) is 133 Å². The number of aliphatic hydroxyl groups is 7. The molecule has 218 valence electrons. The number of rotatable bonds is 10. The maximum absolute atomic E-state index is 12.8. The molecule has 2 aliphatic rings. The Morgan fingerprint density at radius 3 is 1.97 bits per heavy atom. The van der Waals surface area contributed by atoms with Gasteiger partial charge >= 0.3 is 0 Å². The number of ether oxygens (including phenoxy) is 3. The maximum atomic E-state index is 12.8. The Bertz CT molecular complexity index is 1130. The summed E-state index contributed by atoms with van der Waals surface area (Å²) in [6, 6.07) is 5.38. The summed E-state index contributed by atoms with van der Waals surface area (Å²) in [5, 5.41) is 75.2. The summed E-state index contributed by atoms with van der Waals surface area (Å²) < 4.78 is 66.4. The molecule has 10 atom stereocenters. The summed E-state index contributed by atoms with van der Waals surface area (Å²) in [7, 11) is -8.35. The van der Waals surface area contributed by atoms with Crippen LogP contribution in [0, 0.1) is 0 Å². The van der Waals surface area contributed by atoms with E-state index in [-0.39, 0.29) is 17.9 Å². The first-order valence-electron chi connectivity index (χ1n) is 11.4. The van der Waals surface area contributed by atoms with Crippen LogP contribution in [0.2, 0.25) is 0 Å². The van der Waals surface area contributed by atoms with Crippen molar-refractivity contribution in [2.75, 3.05) is 19.8 Å². The lowest BCUT2D eigenvalue weighted by atomic mass is 9.97. The zero-order valence-corrected chi connectivity index (χ0v) is 21.4. The fraction of sp³-hybridized carbons (Fsp3) is 0.700. The van der Waals surface area contributed by atoms with Crippen molar-refractivity contribution in [3.8, 4) is 0 Å². The van der Waals surface area contributed by atoms with Gasteiger partial charge in [-0.15, -0.1) is 0 Å². The summed E-state index contributed by atoms with van der Waals surface area (Å²) in [6.45, 7) is -1.86.